The van der Waals surface area contributed by atoms with Gasteiger partial charge in [-0.05, 0) is 54.0 Å². The number of carbonyl (C=O) groups excluding carboxylic acids is 2. The molecule has 0 radical (unpaired) electrons. The number of hydrogen-bond acceptors (Lipinski definition) is 3. The van der Waals surface area contributed by atoms with E-state index in [0.29, 0.717) is 13.1 Å². The summed E-state index contributed by atoms with van der Waals surface area (Å²) >= 11 is 1.76. The van der Waals surface area contributed by atoms with Crippen molar-refractivity contribution in [2.24, 2.45) is 0 Å². The van der Waals surface area contributed by atoms with E-state index in [-0.39, 0.29) is 24.4 Å². The fourth-order valence-electron chi connectivity index (χ4n) is 4.40. The molecule has 2 amide bonds. The van der Waals surface area contributed by atoms with Gasteiger partial charge in [0.1, 0.15) is 6.54 Å². The molecule has 1 aliphatic heterocycles. The van der Waals surface area contributed by atoms with Gasteiger partial charge in [-0.2, -0.15) is 0 Å². The smallest absolute Gasteiger partial charge is 0.247 e. The second-order valence-corrected chi connectivity index (χ2v) is 9.81. The van der Waals surface area contributed by atoms with Crippen LogP contribution in [0.1, 0.15) is 52.9 Å². The number of nitrogens with zero attached hydrogens (tertiary/aromatic N) is 2. The van der Waals surface area contributed by atoms with Crippen LogP contribution in [0.3, 0.4) is 0 Å². The summed E-state index contributed by atoms with van der Waals surface area (Å²) < 4.78 is 0. The first-order chi connectivity index (χ1) is 16.6. The third kappa shape index (κ3) is 5.65. The molecule has 0 aliphatic carbocycles. The molecule has 5 heteroatoms. The van der Waals surface area contributed by atoms with Crippen LogP contribution in [-0.2, 0) is 16.0 Å². The number of thiophene rings is 1. The molecule has 2 heterocycles. The Morgan fingerprint density at radius 1 is 1.09 bits per heavy atom. The van der Waals surface area contributed by atoms with E-state index in [1.165, 1.54) is 16.0 Å². The minimum absolute atomic E-state index is 0.0000100. The van der Waals surface area contributed by atoms with Crippen molar-refractivity contribution in [3.8, 4) is 0 Å². The maximum Gasteiger partial charge on any atom is 0.247 e. The molecule has 176 valence electrons. The van der Waals surface area contributed by atoms with Gasteiger partial charge in [-0.15, -0.1) is 11.3 Å². The lowest BCUT2D eigenvalue weighted by atomic mass is 9.92. The molecule has 0 saturated carbocycles. The molecule has 0 fully saturated rings. The van der Waals surface area contributed by atoms with Gasteiger partial charge in [0.05, 0.1) is 6.04 Å². The van der Waals surface area contributed by atoms with Crippen molar-refractivity contribution in [3.63, 3.8) is 0 Å². The van der Waals surface area contributed by atoms with Crippen molar-refractivity contribution in [2.75, 3.05) is 19.6 Å². The fraction of sp³-hybridized carbons (Fsp3) is 0.310. The minimum Gasteiger partial charge on any atom is -0.330 e. The van der Waals surface area contributed by atoms with Crippen LogP contribution in [0.2, 0.25) is 0 Å². The number of unbranched alkanes of at least 4 members (excludes halogenated alkanes) is 1. The van der Waals surface area contributed by atoms with Gasteiger partial charge in [-0.1, -0.05) is 73.5 Å². The lowest BCUT2D eigenvalue weighted by Gasteiger charge is -2.37. The van der Waals surface area contributed by atoms with E-state index in [1.54, 1.807) is 22.3 Å². The molecule has 0 bridgehead atoms. The first-order valence-electron chi connectivity index (χ1n) is 12.0. The third-order valence-electron chi connectivity index (χ3n) is 6.32. The maximum atomic E-state index is 13.6. The first kappa shape index (κ1) is 24.0. The van der Waals surface area contributed by atoms with E-state index in [4.69, 9.17) is 0 Å². The topological polar surface area (TPSA) is 40.6 Å². The van der Waals surface area contributed by atoms with Crippen LogP contribution < -0.4 is 0 Å². The molecule has 0 saturated heterocycles. The predicted octanol–water partition coefficient (Wildman–Crippen LogP) is 5.87. The number of fused-ring (bicyclic) bond motifs is 1. The van der Waals surface area contributed by atoms with Crippen molar-refractivity contribution >= 4 is 29.2 Å². The Bertz CT molecular complexity index is 1130. The fourth-order valence-corrected chi connectivity index (χ4v) is 5.30. The van der Waals surface area contributed by atoms with Crippen molar-refractivity contribution in [2.45, 2.75) is 39.2 Å². The molecule has 2 aromatic carbocycles. The highest BCUT2D eigenvalue weighted by atomic mass is 32.1. The van der Waals surface area contributed by atoms with Crippen LogP contribution in [0.15, 0.2) is 72.1 Å². The van der Waals surface area contributed by atoms with E-state index in [0.717, 1.165) is 30.4 Å². The van der Waals surface area contributed by atoms with E-state index in [9.17, 15) is 9.59 Å². The Morgan fingerprint density at radius 2 is 1.85 bits per heavy atom. The summed E-state index contributed by atoms with van der Waals surface area (Å²) in [5.41, 5.74) is 4.50. The average Bonchev–Trinajstić information content (AvgIpc) is 3.34. The summed E-state index contributed by atoms with van der Waals surface area (Å²) in [6.07, 6.45) is 6.10. The Kier molecular flexibility index (Phi) is 7.96. The van der Waals surface area contributed by atoms with Gasteiger partial charge in [-0.3, -0.25) is 9.59 Å². The van der Waals surface area contributed by atoms with Gasteiger partial charge in [-0.25, -0.2) is 0 Å². The second kappa shape index (κ2) is 11.3. The van der Waals surface area contributed by atoms with Gasteiger partial charge in [0, 0.05) is 24.0 Å². The van der Waals surface area contributed by atoms with Gasteiger partial charge in [0.25, 0.3) is 0 Å². The van der Waals surface area contributed by atoms with E-state index in [1.807, 2.05) is 41.3 Å². The SMILES string of the molecule is CCCCN(CC(=O)N1CCc2sccc2C1c1ccc(C)cc1)C(=O)/C=C/c1ccccc1. The van der Waals surface area contributed by atoms with Crippen LogP contribution in [0.25, 0.3) is 6.08 Å². The van der Waals surface area contributed by atoms with Crippen LogP contribution in [-0.4, -0.2) is 41.2 Å². The Morgan fingerprint density at radius 3 is 2.59 bits per heavy atom. The van der Waals surface area contributed by atoms with Gasteiger partial charge < -0.3 is 9.80 Å². The summed E-state index contributed by atoms with van der Waals surface area (Å²) in [6, 6.07) is 20.3. The van der Waals surface area contributed by atoms with Gasteiger partial charge in [0.2, 0.25) is 11.8 Å². The van der Waals surface area contributed by atoms with Crippen LogP contribution >= 0.6 is 11.3 Å². The Labute approximate surface area is 206 Å². The van der Waals surface area contributed by atoms with Crippen LogP contribution in [0.5, 0.6) is 0 Å². The summed E-state index contributed by atoms with van der Waals surface area (Å²) in [5.74, 6) is -0.120. The van der Waals surface area contributed by atoms with E-state index < -0.39 is 0 Å². The molecule has 1 unspecified atom stereocenters. The summed E-state index contributed by atoms with van der Waals surface area (Å²) in [6.45, 7) is 5.51. The molecule has 1 aliphatic rings. The Balaban J connectivity index is 1.55. The van der Waals surface area contributed by atoms with Crippen molar-refractivity contribution in [1.82, 2.24) is 9.80 Å². The molecule has 1 aromatic heterocycles. The molecule has 3 aromatic rings. The van der Waals surface area contributed by atoms with Gasteiger partial charge >= 0.3 is 0 Å². The lowest BCUT2D eigenvalue weighted by molar-refractivity contribution is -0.139. The van der Waals surface area contributed by atoms with Crippen LogP contribution in [0, 0.1) is 6.92 Å². The molecular weight excluding hydrogens is 440 g/mol. The number of hydrogen-bond donors (Lipinski definition) is 0. The highest BCUT2D eigenvalue weighted by Crippen LogP contribution is 2.38. The zero-order chi connectivity index (χ0) is 23.9. The highest BCUT2D eigenvalue weighted by molar-refractivity contribution is 7.10. The van der Waals surface area contributed by atoms with E-state index >= 15 is 0 Å². The number of amides is 2. The molecule has 0 spiro atoms. The van der Waals surface area contributed by atoms with Crippen molar-refractivity contribution in [1.29, 1.82) is 0 Å². The first-order valence-corrected chi connectivity index (χ1v) is 12.9. The van der Waals surface area contributed by atoms with Gasteiger partial charge in [0.15, 0.2) is 0 Å². The molecule has 4 nitrogen and oxygen atoms in total. The summed E-state index contributed by atoms with van der Waals surface area (Å²) in [4.78, 5) is 31.7. The van der Waals surface area contributed by atoms with Crippen molar-refractivity contribution < 1.29 is 9.59 Å². The zero-order valence-corrected chi connectivity index (χ0v) is 20.8. The molecular formula is C29H32N2O2S. The van der Waals surface area contributed by atoms with Crippen molar-refractivity contribution in [3.05, 3.63) is 99.3 Å². The van der Waals surface area contributed by atoms with Crippen LogP contribution in [0.4, 0.5) is 0 Å². The third-order valence-corrected chi connectivity index (χ3v) is 7.31. The number of rotatable bonds is 8. The summed E-state index contributed by atoms with van der Waals surface area (Å²) in [5, 5.41) is 2.12. The standard InChI is InChI=1S/C29H32N2O2S/c1-3-4-18-30(27(32)15-12-23-8-6-5-7-9-23)21-28(33)31-19-16-26-25(17-20-34-26)29(31)24-13-10-22(2)11-14-24/h5-15,17,20,29H,3-4,16,18-19,21H2,1-2H3/b15-12+. The zero-order valence-electron chi connectivity index (χ0n) is 19.9. The quantitative estimate of drug-likeness (QED) is 0.385. The number of aryl methyl sites for hydroxylation is 1. The van der Waals surface area contributed by atoms with E-state index in [2.05, 4.69) is 49.6 Å². The second-order valence-electron chi connectivity index (χ2n) is 8.81. The normalized spacial score (nSPS) is 15.4. The largest absolute Gasteiger partial charge is 0.330 e. The molecule has 34 heavy (non-hydrogen) atoms. The number of carbonyl (C=O) groups is 2. The Hall–Kier alpha value is -3.18. The molecule has 1 atom stereocenters. The minimum atomic E-state index is -0.120. The highest BCUT2D eigenvalue weighted by Gasteiger charge is 2.33. The lowest BCUT2D eigenvalue weighted by Crippen LogP contribution is -2.46. The summed E-state index contributed by atoms with van der Waals surface area (Å²) in [7, 11) is 0. The molecule has 0 N–H and O–H groups in total. The maximum absolute atomic E-state index is 13.6. The monoisotopic (exact) mass is 472 g/mol. The predicted molar refractivity (Wildman–Crippen MR) is 140 cm³/mol. The molecule has 4 rings (SSSR count). The average molecular weight is 473 g/mol. The number of benzene rings is 2.